The van der Waals surface area contributed by atoms with Gasteiger partial charge < -0.3 is 5.32 Å². The summed E-state index contributed by atoms with van der Waals surface area (Å²) in [7, 11) is 0. The first-order chi connectivity index (χ1) is 14.2. The third-order valence-electron chi connectivity index (χ3n) is 5.24. The van der Waals surface area contributed by atoms with E-state index in [2.05, 4.69) is 5.32 Å². The van der Waals surface area contributed by atoms with Crippen LogP contribution in [-0.4, -0.2) is 15.7 Å². The predicted octanol–water partition coefficient (Wildman–Crippen LogP) is 5.67. The topological polar surface area (TPSA) is 46.9 Å². The van der Waals surface area contributed by atoms with E-state index in [0.29, 0.717) is 11.4 Å². The lowest BCUT2D eigenvalue weighted by Crippen LogP contribution is -2.24. The van der Waals surface area contributed by atoms with Crippen molar-refractivity contribution >= 4 is 23.3 Å². The van der Waals surface area contributed by atoms with E-state index in [0.717, 1.165) is 33.9 Å². The molecular weight excluding hydrogens is 382 g/mol. The molecule has 0 spiro atoms. The van der Waals surface area contributed by atoms with Crippen molar-refractivity contribution in [1.82, 2.24) is 9.78 Å². The monoisotopic (exact) mass is 399 g/mol. The van der Waals surface area contributed by atoms with E-state index >= 15 is 0 Å². The van der Waals surface area contributed by atoms with Gasteiger partial charge in [-0.15, -0.1) is 0 Å². The number of nitrogens with zero attached hydrogens (tertiary/aromatic N) is 2. The Morgan fingerprint density at radius 3 is 2.24 bits per heavy atom. The molecule has 0 fully saturated rings. The van der Waals surface area contributed by atoms with Crippen molar-refractivity contribution < 1.29 is 4.79 Å². The maximum absolute atomic E-state index is 12.6. The molecule has 1 aliphatic heterocycles. The lowest BCUT2D eigenvalue weighted by Gasteiger charge is -2.25. The summed E-state index contributed by atoms with van der Waals surface area (Å²) in [5, 5.41) is 8.68. The molecule has 5 heteroatoms. The van der Waals surface area contributed by atoms with E-state index in [1.807, 2.05) is 89.6 Å². The number of nitrogens with one attached hydrogen (secondary N) is 1. The van der Waals surface area contributed by atoms with E-state index < -0.39 is 0 Å². The molecule has 5 rings (SSSR count). The molecule has 0 unspecified atom stereocenters. The number of fused-ring (bicyclic) bond motifs is 1. The van der Waals surface area contributed by atoms with Crippen molar-refractivity contribution in [2.45, 2.75) is 12.3 Å². The lowest BCUT2D eigenvalue weighted by molar-refractivity contribution is -0.116. The zero-order valence-corrected chi connectivity index (χ0v) is 16.3. The highest BCUT2D eigenvalue weighted by molar-refractivity contribution is 6.30. The molecule has 1 N–H and O–H groups in total. The van der Waals surface area contributed by atoms with Crippen molar-refractivity contribution in [2.24, 2.45) is 0 Å². The number of hydrogen-bond acceptors (Lipinski definition) is 2. The number of amides is 1. The average Bonchev–Trinajstić information content (AvgIpc) is 3.14. The number of carbonyl (C=O) groups is 1. The van der Waals surface area contributed by atoms with Crippen LogP contribution in [-0.2, 0) is 4.79 Å². The number of hydrogen-bond donors (Lipinski definition) is 1. The Morgan fingerprint density at radius 1 is 0.897 bits per heavy atom. The molecule has 0 saturated heterocycles. The third kappa shape index (κ3) is 3.22. The van der Waals surface area contributed by atoms with Crippen LogP contribution in [0.5, 0.6) is 0 Å². The summed E-state index contributed by atoms with van der Waals surface area (Å²) in [5.74, 6) is 0.615. The summed E-state index contributed by atoms with van der Waals surface area (Å²) >= 11 is 6.10. The van der Waals surface area contributed by atoms with Gasteiger partial charge >= 0.3 is 0 Å². The molecule has 2 heterocycles. The summed E-state index contributed by atoms with van der Waals surface area (Å²) in [6, 6.07) is 27.7. The molecule has 0 saturated carbocycles. The minimum atomic E-state index is -0.0938. The Hall–Kier alpha value is -3.37. The van der Waals surface area contributed by atoms with Crippen LogP contribution in [0.15, 0.2) is 84.9 Å². The molecule has 0 radical (unpaired) electrons. The van der Waals surface area contributed by atoms with Crippen LogP contribution in [0.3, 0.4) is 0 Å². The highest BCUT2D eigenvalue weighted by atomic mass is 35.5. The van der Waals surface area contributed by atoms with E-state index in [1.165, 1.54) is 0 Å². The lowest BCUT2D eigenvalue weighted by atomic mass is 9.84. The number of halogens is 1. The smallest absolute Gasteiger partial charge is 0.226 e. The molecule has 1 atom stereocenters. The molecule has 1 amide bonds. The Kier molecular flexibility index (Phi) is 4.41. The molecule has 3 aromatic carbocycles. The van der Waals surface area contributed by atoms with Gasteiger partial charge in [-0.1, -0.05) is 72.3 Å². The predicted molar refractivity (Wildman–Crippen MR) is 116 cm³/mol. The van der Waals surface area contributed by atoms with Crippen LogP contribution in [0.25, 0.3) is 16.9 Å². The van der Waals surface area contributed by atoms with Crippen molar-refractivity contribution in [3.05, 3.63) is 101 Å². The quantitative estimate of drug-likeness (QED) is 0.482. The van der Waals surface area contributed by atoms with Gasteiger partial charge in [0.15, 0.2) is 0 Å². The summed E-state index contributed by atoms with van der Waals surface area (Å²) in [6.07, 6.45) is 0.370. The molecule has 142 valence electrons. The molecular formula is C24H18ClN3O. The van der Waals surface area contributed by atoms with Crippen molar-refractivity contribution in [3.63, 3.8) is 0 Å². The Labute approximate surface area is 173 Å². The molecule has 29 heavy (non-hydrogen) atoms. The summed E-state index contributed by atoms with van der Waals surface area (Å²) in [4.78, 5) is 12.6. The summed E-state index contributed by atoms with van der Waals surface area (Å²) in [5.41, 5.74) is 4.89. The second-order valence-corrected chi connectivity index (χ2v) is 7.52. The van der Waals surface area contributed by atoms with Gasteiger partial charge in [0.25, 0.3) is 0 Å². The Morgan fingerprint density at radius 2 is 1.55 bits per heavy atom. The number of aromatic nitrogens is 2. The largest absolute Gasteiger partial charge is 0.310 e. The normalized spacial score (nSPS) is 15.6. The van der Waals surface area contributed by atoms with E-state index in [9.17, 15) is 4.79 Å². The van der Waals surface area contributed by atoms with Crippen LogP contribution in [0.2, 0.25) is 5.02 Å². The van der Waals surface area contributed by atoms with Gasteiger partial charge in [-0.05, 0) is 29.8 Å². The molecule has 1 aliphatic rings. The molecule has 0 aliphatic carbocycles. The standard InChI is InChI=1S/C24H18ClN3O/c25-18-13-11-16(12-14-18)20-15-21(29)26-24-22(20)23(17-7-3-1-4-8-17)27-28(24)19-9-5-2-6-10-19/h1-14,20H,15H2,(H,26,29)/t20-/m1/s1. The van der Waals surface area contributed by atoms with Crippen molar-refractivity contribution in [1.29, 1.82) is 0 Å². The van der Waals surface area contributed by atoms with Gasteiger partial charge in [-0.25, -0.2) is 4.68 Å². The second kappa shape index (κ2) is 7.22. The minimum absolute atomic E-state index is 0.0193. The first-order valence-electron chi connectivity index (χ1n) is 9.50. The fourth-order valence-electron chi connectivity index (χ4n) is 3.90. The van der Waals surface area contributed by atoms with Gasteiger partial charge in [0.1, 0.15) is 5.82 Å². The maximum atomic E-state index is 12.6. The van der Waals surface area contributed by atoms with E-state index in [1.54, 1.807) is 0 Å². The fraction of sp³-hybridized carbons (Fsp3) is 0.0833. The van der Waals surface area contributed by atoms with Gasteiger partial charge in [-0.3, -0.25) is 4.79 Å². The third-order valence-corrected chi connectivity index (χ3v) is 5.49. The highest BCUT2D eigenvalue weighted by Gasteiger charge is 2.34. The molecule has 1 aromatic heterocycles. The minimum Gasteiger partial charge on any atom is -0.310 e. The van der Waals surface area contributed by atoms with E-state index in [-0.39, 0.29) is 11.8 Å². The fourth-order valence-corrected chi connectivity index (χ4v) is 4.02. The molecule has 4 aromatic rings. The van der Waals surface area contributed by atoms with E-state index in [4.69, 9.17) is 16.7 Å². The Bertz CT molecular complexity index is 1170. The van der Waals surface area contributed by atoms with Crippen LogP contribution >= 0.6 is 11.6 Å². The van der Waals surface area contributed by atoms with Crippen molar-refractivity contribution in [2.75, 3.05) is 5.32 Å². The summed E-state index contributed by atoms with van der Waals surface area (Å²) < 4.78 is 1.83. The van der Waals surface area contributed by atoms with Crippen LogP contribution in [0.1, 0.15) is 23.5 Å². The first-order valence-corrected chi connectivity index (χ1v) is 9.87. The number of carbonyl (C=O) groups excluding carboxylic acids is 1. The number of rotatable bonds is 3. The number of para-hydroxylation sites is 1. The van der Waals surface area contributed by atoms with Crippen LogP contribution in [0.4, 0.5) is 5.82 Å². The zero-order valence-electron chi connectivity index (χ0n) is 15.5. The highest BCUT2D eigenvalue weighted by Crippen LogP contribution is 2.44. The SMILES string of the molecule is O=C1C[C@H](c2ccc(Cl)cc2)c2c(-c3ccccc3)nn(-c3ccccc3)c2N1. The number of anilines is 1. The van der Waals surface area contributed by atoms with Crippen molar-refractivity contribution in [3.8, 4) is 16.9 Å². The van der Waals surface area contributed by atoms with Gasteiger partial charge in [0.2, 0.25) is 5.91 Å². The average molecular weight is 400 g/mol. The Balaban J connectivity index is 1.77. The first kappa shape index (κ1) is 17.7. The van der Waals surface area contributed by atoms with Gasteiger partial charge in [-0.2, -0.15) is 5.10 Å². The second-order valence-electron chi connectivity index (χ2n) is 7.08. The molecule has 0 bridgehead atoms. The van der Waals surface area contributed by atoms with Crippen LogP contribution < -0.4 is 5.32 Å². The van der Waals surface area contributed by atoms with Crippen LogP contribution in [0, 0.1) is 0 Å². The zero-order chi connectivity index (χ0) is 19.8. The number of benzene rings is 3. The van der Waals surface area contributed by atoms with Gasteiger partial charge in [0.05, 0.1) is 11.4 Å². The summed E-state index contributed by atoms with van der Waals surface area (Å²) in [6.45, 7) is 0. The van der Waals surface area contributed by atoms with Gasteiger partial charge in [0, 0.05) is 28.5 Å². The molecule has 4 nitrogen and oxygen atoms in total. The maximum Gasteiger partial charge on any atom is 0.226 e.